The number of unbranched alkanes of at least 4 members (excludes halogenated alkanes) is 1. The minimum atomic E-state index is -1.21. The molecule has 124 valence electrons. The molecule has 0 aliphatic heterocycles. The molecule has 4 heteroatoms. The highest BCUT2D eigenvalue weighted by Crippen LogP contribution is 2.36. The molecule has 0 heterocycles. The van der Waals surface area contributed by atoms with E-state index in [9.17, 15) is 9.90 Å². The highest BCUT2D eigenvalue weighted by molar-refractivity contribution is 5.77. The van der Waals surface area contributed by atoms with Gasteiger partial charge in [-0.25, -0.2) is 14.6 Å². The van der Waals surface area contributed by atoms with Gasteiger partial charge in [-0.1, -0.05) is 46.0 Å². The number of rotatable bonds is 9. The Kier molecular flexibility index (Phi) is 7.14. The van der Waals surface area contributed by atoms with Gasteiger partial charge in [0.25, 0.3) is 0 Å². The van der Waals surface area contributed by atoms with Crippen LogP contribution in [0.2, 0.25) is 0 Å². The van der Waals surface area contributed by atoms with Crippen LogP contribution in [-0.2, 0) is 14.6 Å². The maximum atomic E-state index is 11.6. The predicted molar refractivity (Wildman–Crippen MR) is 83.0 cm³/mol. The summed E-state index contributed by atoms with van der Waals surface area (Å²) in [6.07, 6.45) is 8.71. The lowest BCUT2D eigenvalue weighted by atomic mass is 9.79. The molecule has 0 radical (unpaired) electrons. The van der Waals surface area contributed by atoms with Crippen molar-refractivity contribution in [2.75, 3.05) is 0 Å². The Balaban J connectivity index is 2.67. The third-order valence-corrected chi connectivity index (χ3v) is 4.90. The Hall–Kier alpha value is -0.610. The minimum Gasteiger partial charge on any atom is -0.479 e. The molecule has 1 aliphatic rings. The molecule has 0 bridgehead atoms. The van der Waals surface area contributed by atoms with E-state index in [4.69, 9.17) is 9.78 Å². The normalized spacial score (nSPS) is 20.2. The summed E-state index contributed by atoms with van der Waals surface area (Å²) in [6, 6.07) is 0. The highest BCUT2D eigenvalue weighted by Gasteiger charge is 2.42. The van der Waals surface area contributed by atoms with Gasteiger partial charge < -0.3 is 5.11 Å². The van der Waals surface area contributed by atoms with Gasteiger partial charge in [-0.15, -0.1) is 0 Å². The van der Waals surface area contributed by atoms with Crippen molar-refractivity contribution in [3.63, 3.8) is 0 Å². The fraction of sp³-hybridized carbons (Fsp3) is 0.941. The average Bonchev–Trinajstić information content (AvgIpc) is 2.48. The van der Waals surface area contributed by atoms with E-state index in [-0.39, 0.29) is 0 Å². The fourth-order valence-electron chi connectivity index (χ4n) is 3.09. The number of carbonyl (C=O) groups is 1. The zero-order valence-corrected chi connectivity index (χ0v) is 14.1. The van der Waals surface area contributed by atoms with Gasteiger partial charge in [-0.2, -0.15) is 0 Å². The quantitative estimate of drug-likeness (QED) is 0.494. The van der Waals surface area contributed by atoms with Gasteiger partial charge in [0.2, 0.25) is 0 Å². The van der Waals surface area contributed by atoms with Crippen LogP contribution >= 0.6 is 0 Å². The summed E-state index contributed by atoms with van der Waals surface area (Å²) in [6.45, 7) is 7.94. The first kappa shape index (κ1) is 18.4. The van der Waals surface area contributed by atoms with E-state index in [2.05, 4.69) is 6.92 Å². The first-order chi connectivity index (χ1) is 9.88. The molecule has 1 atom stereocenters. The number of aliphatic carboxylic acids is 1. The Morgan fingerprint density at radius 3 is 2.24 bits per heavy atom. The van der Waals surface area contributed by atoms with Gasteiger partial charge in [0.05, 0.1) is 0 Å². The molecular formula is C17H32O4. The highest BCUT2D eigenvalue weighted by atomic mass is 17.2. The molecule has 0 spiro atoms. The van der Waals surface area contributed by atoms with Gasteiger partial charge in [0.15, 0.2) is 5.60 Å². The van der Waals surface area contributed by atoms with Gasteiger partial charge in [0, 0.05) is 0 Å². The van der Waals surface area contributed by atoms with Crippen molar-refractivity contribution in [2.45, 2.75) is 96.7 Å². The molecule has 0 amide bonds. The van der Waals surface area contributed by atoms with E-state index in [0.29, 0.717) is 18.8 Å². The van der Waals surface area contributed by atoms with E-state index in [1.165, 1.54) is 19.3 Å². The van der Waals surface area contributed by atoms with Crippen LogP contribution in [-0.4, -0.2) is 22.3 Å². The molecule has 0 aromatic rings. The number of carboxylic acid groups (broad SMARTS) is 1. The lowest BCUT2D eigenvalue weighted by molar-refractivity contribution is -0.411. The molecule has 0 saturated heterocycles. The average molecular weight is 300 g/mol. The Morgan fingerprint density at radius 1 is 1.14 bits per heavy atom. The van der Waals surface area contributed by atoms with Gasteiger partial charge in [-0.3, -0.25) is 0 Å². The summed E-state index contributed by atoms with van der Waals surface area (Å²) in [5, 5.41) is 9.55. The zero-order chi connectivity index (χ0) is 15.9. The summed E-state index contributed by atoms with van der Waals surface area (Å²) in [5.41, 5.74) is -1.63. The van der Waals surface area contributed by atoms with E-state index in [0.717, 1.165) is 25.7 Å². The van der Waals surface area contributed by atoms with Crippen molar-refractivity contribution in [3.8, 4) is 0 Å². The molecule has 4 nitrogen and oxygen atoms in total. The fourth-order valence-corrected chi connectivity index (χ4v) is 3.09. The molecular weight excluding hydrogens is 268 g/mol. The summed E-state index contributed by atoms with van der Waals surface area (Å²) in [7, 11) is 0. The van der Waals surface area contributed by atoms with Crippen LogP contribution in [0.15, 0.2) is 0 Å². The molecule has 1 aliphatic carbocycles. The lowest BCUT2D eigenvalue weighted by Gasteiger charge is -2.38. The van der Waals surface area contributed by atoms with E-state index in [1.54, 1.807) is 0 Å². The number of carboxylic acids is 1. The SMILES string of the molecule is CCCCC(CC)(OOC(C)(C)C1CCCCC1)C(=O)O. The second-order valence-corrected chi connectivity index (χ2v) is 6.86. The maximum Gasteiger partial charge on any atom is 0.339 e. The van der Waals surface area contributed by atoms with Gasteiger partial charge in [-0.05, 0) is 45.4 Å². The largest absolute Gasteiger partial charge is 0.479 e. The Bertz CT molecular complexity index is 321. The molecule has 1 rings (SSSR count). The van der Waals surface area contributed by atoms with Gasteiger partial charge in [0.1, 0.15) is 5.60 Å². The summed E-state index contributed by atoms with van der Waals surface area (Å²) in [4.78, 5) is 22.9. The Morgan fingerprint density at radius 2 is 1.76 bits per heavy atom. The molecule has 1 saturated carbocycles. The predicted octanol–water partition coefficient (Wildman–Crippen LogP) is 4.72. The topological polar surface area (TPSA) is 55.8 Å². The molecule has 0 aromatic heterocycles. The number of hydrogen-bond donors (Lipinski definition) is 1. The van der Waals surface area contributed by atoms with Crippen LogP contribution in [0.3, 0.4) is 0 Å². The van der Waals surface area contributed by atoms with Crippen LogP contribution in [0.1, 0.15) is 85.5 Å². The van der Waals surface area contributed by atoms with Gasteiger partial charge >= 0.3 is 5.97 Å². The van der Waals surface area contributed by atoms with Crippen molar-refractivity contribution in [3.05, 3.63) is 0 Å². The van der Waals surface area contributed by atoms with Crippen molar-refractivity contribution < 1.29 is 19.7 Å². The van der Waals surface area contributed by atoms with Crippen LogP contribution in [0, 0.1) is 5.92 Å². The summed E-state index contributed by atoms with van der Waals surface area (Å²) in [5.74, 6) is -0.473. The molecule has 0 aromatic carbocycles. The molecule has 21 heavy (non-hydrogen) atoms. The van der Waals surface area contributed by atoms with Crippen LogP contribution in [0.4, 0.5) is 0 Å². The van der Waals surface area contributed by atoms with Crippen molar-refractivity contribution >= 4 is 5.97 Å². The second kappa shape index (κ2) is 8.14. The lowest BCUT2D eigenvalue weighted by Crippen LogP contribution is -2.45. The van der Waals surface area contributed by atoms with E-state index < -0.39 is 17.2 Å². The first-order valence-electron chi connectivity index (χ1n) is 8.48. The summed E-state index contributed by atoms with van der Waals surface area (Å²) < 4.78 is 0. The van der Waals surface area contributed by atoms with Crippen molar-refractivity contribution in [1.82, 2.24) is 0 Å². The van der Waals surface area contributed by atoms with E-state index in [1.807, 2.05) is 20.8 Å². The summed E-state index contributed by atoms with van der Waals surface area (Å²) >= 11 is 0. The standard InChI is InChI=1S/C17H32O4/c1-5-7-13-17(6-2,15(18)19)21-20-16(3,4)14-11-9-8-10-12-14/h14H,5-13H2,1-4H3,(H,18,19). The van der Waals surface area contributed by atoms with Crippen molar-refractivity contribution in [2.24, 2.45) is 5.92 Å². The monoisotopic (exact) mass is 300 g/mol. The Labute approximate surface area is 129 Å². The van der Waals surface area contributed by atoms with Crippen LogP contribution in [0.25, 0.3) is 0 Å². The third kappa shape index (κ3) is 4.96. The second-order valence-electron chi connectivity index (χ2n) is 6.86. The van der Waals surface area contributed by atoms with E-state index >= 15 is 0 Å². The molecule has 1 fully saturated rings. The molecule has 1 N–H and O–H groups in total. The maximum absolute atomic E-state index is 11.6. The first-order valence-corrected chi connectivity index (χ1v) is 8.48. The minimum absolute atomic E-state index is 0.420. The molecule has 1 unspecified atom stereocenters. The third-order valence-electron chi connectivity index (χ3n) is 4.90. The number of hydrogen-bond acceptors (Lipinski definition) is 3. The van der Waals surface area contributed by atoms with Crippen molar-refractivity contribution in [1.29, 1.82) is 0 Å². The zero-order valence-electron chi connectivity index (χ0n) is 14.1. The van der Waals surface area contributed by atoms with Crippen LogP contribution in [0.5, 0.6) is 0 Å². The van der Waals surface area contributed by atoms with Crippen LogP contribution < -0.4 is 0 Å². The smallest absolute Gasteiger partial charge is 0.339 e.